The summed E-state index contributed by atoms with van der Waals surface area (Å²) < 4.78 is 10.7. The van der Waals surface area contributed by atoms with Crippen LogP contribution in [0.4, 0.5) is 5.13 Å². The van der Waals surface area contributed by atoms with Gasteiger partial charge in [0.25, 0.3) is 5.91 Å². The van der Waals surface area contributed by atoms with Crippen LogP contribution in [-0.2, 0) is 0 Å². The Hall–Kier alpha value is -2.86. The topological polar surface area (TPSA) is 51.7 Å². The molecule has 0 saturated heterocycles. The molecule has 0 aliphatic carbocycles. The molecule has 2 heterocycles. The minimum absolute atomic E-state index is 0.0842. The highest BCUT2D eigenvalue weighted by atomic mass is 32.1. The maximum absolute atomic E-state index is 13.1. The van der Waals surface area contributed by atoms with E-state index in [1.807, 2.05) is 42.6 Å². The Kier molecular flexibility index (Phi) is 4.58. The molecule has 1 aliphatic heterocycles. The van der Waals surface area contributed by atoms with Gasteiger partial charge in [-0.3, -0.25) is 9.69 Å². The van der Waals surface area contributed by atoms with Crippen molar-refractivity contribution in [3.05, 3.63) is 59.5 Å². The van der Waals surface area contributed by atoms with Gasteiger partial charge in [0.1, 0.15) is 0 Å². The van der Waals surface area contributed by atoms with Gasteiger partial charge in [-0.25, -0.2) is 4.98 Å². The van der Waals surface area contributed by atoms with E-state index < -0.39 is 0 Å². The van der Waals surface area contributed by atoms with Crippen LogP contribution in [0.5, 0.6) is 11.5 Å². The number of hydrogen-bond acceptors (Lipinski definition) is 5. The number of carbonyl (C=O) groups excluding carboxylic acids is 1. The van der Waals surface area contributed by atoms with Gasteiger partial charge in [0.2, 0.25) is 6.79 Å². The van der Waals surface area contributed by atoms with Gasteiger partial charge in [-0.15, -0.1) is 11.3 Å². The zero-order valence-corrected chi connectivity index (χ0v) is 15.2. The van der Waals surface area contributed by atoms with Crippen LogP contribution in [0, 0.1) is 0 Å². The highest BCUT2D eigenvalue weighted by Crippen LogP contribution is 2.34. The zero-order chi connectivity index (χ0) is 17.9. The van der Waals surface area contributed by atoms with Crippen molar-refractivity contribution < 1.29 is 14.3 Å². The number of rotatable bonds is 5. The van der Waals surface area contributed by atoms with Crippen LogP contribution in [0.25, 0.3) is 11.3 Å². The standard InChI is InChI=1S/C20H18N2O3S/c1-2-10-22(19(23)15-8-9-17-18(11-15)25-13-24-17)20-21-16(12-26-20)14-6-4-3-5-7-14/h3-9,11-12H,2,10,13H2,1H3. The number of thiazole rings is 1. The molecule has 1 amide bonds. The third-order valence-electron chi connectivity index (χ3n) is 4.10. The monoisotopic (exact) mass is 366 g/mol. The van der Waals surface area contributed by atoms with Crippen molar-refractivity contribution in [1.82, 2.24) is 4.98 Å². The van der Waals surface area contributed by atoms with E-state index in [0.717, 1.165) is 17.7 Å². The van der Waals surface area contributed by atoms with Crippen molar-refractivity contribution in [2.75, 3.05) is 18.2 Å². The molecule has 2 aromatic carbocycles. The second kappa shape index (κ2) is 7.17. The van der Waals surface area contributed by atoms with Crippen LogP contribution in [0.15, 0.2) is 53.9 Å². The Balaban J connectivity index is 1.63. The van der Waals surface area contributed by atoms with Gasteiger partial charge < -0.3 is 9.47 Å². The number of nitrogens with zero attached hydrogens (tertiary/aromatic N) is 2. The lowest BCUT2D eigenvalue weighted by Gasteiger charge is -2.19. The molecule has 5 nitrogen and oxygen atoms in total. The maximum atomic E-state index is 13.1. The summed E-state index contributed by atoms with van der Waals surface area (Å²) in [6.45, 7) is 2.85. The van der Waals surface area contributed by atoms with Crippen LogP contribution in [0.3, 0.4) is 0 Å². The minimum Gasteiger partial charge on any atom is -0.454 e. The third-order valence-corrected chi connectivity index (χ3v) is 4.97. The number of fused-ring (bicyclic) bond motifs is 1. The van der Waals surface area contributed by atoms with Crippen LogP contribution >= 0.6 is 11.3 Å². The van der Waals surface area contributed by atoms with Gasteiger partial charge in [0.05, 0.1) is 5.69 Å². The molecular weight excluding hydrogens is 348 g/mol. The first kappa shape index (κ1) is 16.6. The summed E-state index contributed by atoms with van der Waals surface area (Å²) >= 11 is 1.48. The molecule has 1 aliphatic rings. The van der Waals surface area contributed by atoms with E-state index in [9.17, 15) is 4.79 Å². The summed E-state index contributed by atoms with van der Waals surface area (Å²) in [6.07, 6.45) is 0.844. The summed E-state index contributed by atoms with van der Waals surface area (Å²) in [5, 5.41) is 2.69. The lowest BCUT2D eigenvalue weighted by Crippen LogP contribution is -2.31. The molecule has 0 radical (unpaired) electrons. The van der Waals surface area contributed by atoms with Crippen molar-refractivity contribution in [2.45, 2.75) is 13.3 Å². The van der Waals surface area contributed by atoms with E-state index >= 15 is 0 Å². The number of anilines is 1. The summed E-state index contributed by atoms with van der Waals surface area (Å²) in [6, 6.07) is 15.3. The zero-order valence-electron chi connectivity index (χ0n) is 14.3. The lowest BCUT2D eigenvalue weighted by atomic mass is 10.1. The largest absolute Gasteiger partial charge is 0.454 e. The normalized spacial score (nSPS) is 12.2. The third kappa shape index (κ3) is 3.15. The maximum Gasteiger partial charge on any atom is 0.260 e. The Morgan fingerprint density at radius 3 is 2.77 bits per heavy atom. The second-order valence-corrected chi connectivity index (χ2v) is 6.74. The Morgan fingerprint density at radius 1 is 1.15 bits per heavy atom. The fourth-order valence-corrected chi connectivity index (χ4v) is 3.68. The van der Waals surface area contributed by atoms with Crippen LogP contribution in [0.2, 0.25) is 0 Å². The van der Waals surface area contributed by atoms with E-state index in [4.69, 9.17) is 9.47 Å². The van der Waals surface area contributed by atoms with Gasteiger partial charge in [0.15, 0.2) is 16.6 Å². The molecule has 0 saturated carbocycles. The predicted octanol–water partition coefficient (Wildman–Crippen LogP) is 4.60. The van der Waals surface area contributed by atoms with Crippen molar-refractivity contribution >= 4 is 22.4 Å². The smallest absolute Gasteiger partial charge is 0.260 e. The first-order valence-corrected chi connectivity index (χ1v) is 9.36. The number of benzene rings is 2. The average Bonchev–Trinajstić information content (AvgIpc) is 3.35. The molecule has 0 atom stereocenters. The molecule has 0 unspecified atom stereocenters. The molecule has 1 aromatic heterocycles. The molecule has 3 aromatic rings. The number of amides is 1. The van der Waals surface area contributed by atoms with Crippen LogP contribution < -0.4 is 14.4 Å². The number of aromatic nitrogens is 1. The molecule has 26 heavy (non-hydrogen) atoms. The highest BCUT2D eigenvalue weighted by molar-refractivity contribution is 7.14. The fourth-order valence-electron chi connectivity index (χ4n) is 2.82. The fraction of sp³-hybridized carbons (Fsp3) is 0.200. The van der Waals surface area contributed by atoms with Crippen molar-refractivity contribution in [3.63, 3.8) is 0 Å². The summed E-state index contributed by atoms with van der Waals surface area (Å²) in [5.41, 5.74) is 2.49. The van der Waals surface area contributed by atoms with Crippen LogP contribution in [-0.4, -0.2) is 24.2 Å². The van der Waals surface area contributed by atoms with E-state index in [-0.39, 0.29) is 12.7 Å². The summed E-state index contributed by atoms with van der Waals surface area (Å²) in [4.78, 5) is 19.5. The van der Waals surface area contributed by atoms with Crippen molar-refractivity contribution in [2.24, 2.45) is 0 Å². The number of hydrogen-bond donors (Lipinski definition) is 0. The molecule has 132 valence electrons. The lowest BCUT2D eigenvalue weighted by molar-refractivity contribution is 0.0986. The molecule has 0 N–H and O–H groups in total. The highest BCUT2D eigenvalue weighted by Gasteiger charge is 2.23. The van der Waals surface area contributed by atoms with E-state index in [0.29, 0.717) is 28.7 Å². The quantitative estimate of drug-likeness (QED) is 0.662. The van der Waals surface area contributed by atoms with Crippen molar-refractivity contribution in [3.8, 4) is 22.8 Å². The minimum atomic E-state index is -0.0842. The van der Waals surface area contributed by atoms with Gasteiger partial charge in [-0.1, -0.05) is 37.3 Å². The second-order valence-electron chi connectivity index (χ2n) is 5.91. The SMILES string of the molecule is CCCN(C(=O)c1ccc2c(c1)OCO2)c1nc(-c2ccccc2)cs1. The Bertz CT molecular complexity index is 924. The molecule has 0 spiro atoms. The predicted molar refractivity (Wildman–Crippen MR) is 102 cm³/mol. The van der Waals surface area contributed by atoms with E-state index in [1.165, 1.54) is 11.3 Å². The van der Waals surface area contributed by atoms with Crippen LogP contribution in [0.1, 0.15) is 23.7 Å². The first-order chi connectivity index (χ1) is 12.8. The molecule has 6 heteroatoms. The van der Waals surface area contributed by atoms with E-state index in [2.05, 4.69) is 4.98 Å². The van der Waals surface area contributed by atoms with Gasteiger partial charge >= 0.3 is 0 Å². The molecular formula is C20H18N2O3S. The molecule has 0 fully saturated rings. The Labute approximate surface area is 155 Å². The van der Waals surface area contributed by atoms with Gasteiger partial charge in [-0.05, 0) is 24.6 Å². The number of ether oxygens (including phenoxy) is 2. The molecule has 0 bridgehead atoms. The average molecular weight is 366 g/mol. The van der Waals surface area contributed by atoms with E-state index in [1.54, 1.807) is 23.1 Å². The first-order valence-electron chi connectivity index (χ1n) is 8.48. The molecule has 4 rings (SSSR count). The Morgan fingerprint density at radius 2 is 1.96 bits per heavy atom. The summed E-state index contributed by atoms with van der Waals surface area (Å²) in [7, 11) is 0. The van der Waals surface area contributed by atoms with Crippen molar-refractivity contribution in [1.29, 1.82) is 0 Å². The van der Waals surface area contributed by atoms with Gasteiger partial charge in [-0.2, -0.15) is 0 Å². The van der Waals surface area contributed by atoms with Gasteiger partial charge in [0, 0.05) is 23.1 Å². The number of carbonyl (C=O) groups is 1. The summed E-state index contributed by atoms with van der Waals surface area (Å²) in [5.74, 6) is 1.19.